The van der Waals surface area contributed by atoms with Gasteiger partial charge in [0.15, 0.2) is 0 Å². The molecular weight excluding hydrogens is 264 g/mol. The Bertz CT molecular complexity index is 430. The van der Waals surface area contributed by atoms with E-state index < -0.39 is 17.6 Å². The first-order chi connectivity index (χ1) is 8.95. The highest BCUT2D eigenvalue weighted by Gasteiger charge is 2.31. The molecule has 7 heteroatoms. The largest absolute Gasteiger partial charge is 0.416 e. The van der Waals surface area contributed by atoms with Crippen molar-refractivity contribution in [3.05, 3.63) is 35.1 Å². The third-order valence-electron chi connectivity index (χ3n) is 2.80. The fraction of sp³-hybridized carbons (Fsp3) is 0.500. The standard InChI is InChI=1S/C12H14F4N2O/c13-11-6-9(5-10(7-11)12(14,15)16)8-17-18-1-3-19-4-2-18/h5-7,17H,1-4,8H2. The third-order valence-corrected chi connectivity index (χ3v) is 2.80. The number of ether oxygens (including phenoxy) is 1. The van der Waals surface area contributed by atoms with Crippen LogP contribution in [0.15, 0.2) is 18.2 Å². The van der Waals surface area contributed by atoms with Crippen LogP contribution >= 0.6 is 0 Å². The van der Waals surface area contributed by atoms with Crippen LogP contribution in [0, 0.1) is 5.82 Å². The maximum absolute atomic E-state index is 13.2. The van der Waals surface area contributed by atoms with Crippen LogP contribution in [0.5, 0.6) is 0 Å². The Kier molecular flexibility index (Phi) is 4.38. The zero-order valence-electron chi connectivity index (χ0n) is 10.1. The molecule has 1 fully saturated rings. The van der Waals surface area contributed by atoms with E-state index in [0.29, 0.717) is 32.4 Å². The molecule has 106 valence electrons. The maximum atomic E-state index is 13.2. The van der Waals surface area contributed by atoms with Crippen LogP contribution in [0.2, 0.25) is 0 Å². The fourth-order valence-electron chi connectivity index (χ4n) is 1.84. The highest BCUT2D eigenvalue weighted by Crippen LogP contribution is 2.30. The smallest absolute Gasteiger partial charge is 0.379 e. The van der Waals surface area contributed by atoms with Crippen molar-refractivity contribution in [3.63, 3.8) is 0 Å². The number of rotatable bonds is 3. The van der Waals surface area contributed by atoms with E-state index in [0.717, 1.165) is 12.1 Å². The summed E-state index contributed by atoms with van der Waals surface area (Å²) in [5.41, 5.74) is 2.26. The molecule has 1 aliphatic heterocycles. The van der Waals surface area contributed by atoms with Gasteiger partial charge in [0, 0.05) is 19.6 Å². The summed E-state index contributed by atoms with van der Waals surface area (Å²) in [4.78, 5) is 0. The van der Waals surface area contributed by atoms with E-state index in [1.807, 2.05) is 5.01 Å². The SMILES string of the molecule is Fc1cc(CNN2CCOCC2)cc(C(F)(F)F)c1. The van der Waals surface area contributed by atoms with E-state index in [-0.39, 0.29) is 12.1 Å². The summed E-state index contributed by atoms with van der Waals surface area (Å²) in [6.45, 7) is 2.61. The number of hydrogen-bond acceptors (Lipinski definition) is 3. The molecule has 1 aromatic rings. The van der Waals surface area contributed by atoms with Gasteiger partial charge in [0.25, 0.3) is 0 Å². The van der Waals surface area contributed by atoms with Crippen LogP contribution < -0.4 is 5.43 Å². The third kappa shape index (κ3) is 4.15. The minimum Gasteiger partial charge on any atom is -0.379 e. The summed E-state index contributed by atoms with van der Waals surface area (Å²) in [6, 6.07) is 2.55. The summed E-state index contributed by atoms with van der Waals surface area (Å²) in [7, 11) is 0. The van der Waals surface area contributed by atoms with Crippen molar-refractivity contribution in [1.82, 2.24) is 10.4 Å². The molecule has 1 aromatic carbocycles. The zero-order chi connectivity index (χ0) is 13.9. The van der Waals surface area contributed by atoms with Gasteiger partial charge in [-0.05, 0) is 23.8 Å². The molecule has 1 N–H and O–H groups in total. The van der Waals surface area contributed by atoms with Crippen molar-refractivity contribution in [2.75, 3.05) is 26.3 Å². The van der Waals surface area contributed by atoms with Gasteiger partial charge in [0.2, 0.25) is 0 Å². The average Bonchev–Trinajstić information content (AvgIpc) is 2.36. The van der Waals surface area contributed by atoms with Gasteiger partial charge < -0.3 is 4.74 Å². The molecule has 0 aromatic heterocycles. The minimum absolute atomic E-state index is 0.154. The van der Waals surface area contributed by atoms with Crippen molar-refractivity contribution >= 4 is 0 Å². The van der Waals surface area contributed by atoms with E-state index in [1.165, 1.54) is 0 Å². The second kappa shape index (κ2) is 5.85. The molecule has 1 saturated heterocycles. The minimum atomic E-state index is -4.53. The van der Waals surface area contributed by atoms with E-state index >= 15 is 0 Å². The average molecular weight is 278 g/mol. The Morgan fingerprint density at radius 3 is 2.47 bits per heavy atom. The van der Waals surface area contributed by atoms with Crippen LogP contribution in [0.25, 0.3) is 0 Å². The lowest BCUT2D eigenvalue weighted by Crippen LogP contribution is -2.45. The van der Waals surface area contributed by atoms with E-state index in [1.54, 1.807) is 0 Å². The summed E-state index contributed by atoms with van der Waals surface area (Å²) in [5.74, 6) is -0.881. The molecule has 1 aliphatic rings. The second-order valence-corrected chi connectivity index (χ2v) is 4.28. The molecule has 19 heavy (non-hydrogen) atoms. The number of nitrogens with zero attached hydrogens (tertiary/aromatic N) is 1. The predicted octanol–water partition coefficient (Wildman–Crippen LogP) is 2.18. The quantitative estimate of drug-likeness (QED) is 0.858. The predicted molar refractivity (Wildman–Crippen MR) is 60.6 cm³/mol. The lowest BCUT2D eigenvalue weighted by Gasteiger charge is -2.27. The van der Waals surface area contributed by atoms with Crippen molar-refractivity contribution in [2.45, 2.75) is 12.7 Å². The Hall–Kier alpha value is -1.18. The molecule has 0 bridgehead atoms. The zero-order valence-corrected chi connectivity index (χ0v) is 10.1. The van der Waals surface area contributed by atoms with E-state index in [2.05, 4.69) is 5.43 Å². The Labute approximate surface area is 108 Å². The van der Waals surface area contributed by atoms with Crippen LogP contribution in [0.4, 0.5) is 17.6 Å². The monoisotopic (exact) mass is 278 g/mol. The van der Waals surface area contributed by atoms with Crippen molar-refractivity contribution in [1.29, 1.82) is 0 Å². The number of benzene rings is 1. The maximum Gasteiger partial charge on any atom is 0.416 e. The van der Waals surface area contributed by atoms with Crippen LogP contribution in [-0.2, 0) is 17.5 Å². The summed E-state index contributed by atoms with van der Waals surface area (Å²) < 4.78 is 55.9. The molecule has 0 amide bonds. The lowest BCUT2D eigenvalue weighted by molar-refractivity contribution is -0.137. The van der Waals surface area contributed by atoms with Gasteiger partial charge in [-0.3, -0.25) is 5.43 Å². The Balaban J connectivity index is 2.01. The first-order valence-corrected chi connectivity index (χ1v) is 5.88. The van der Waals surface area contributed by atoms with Gasteiger partial charge in [-0.25, -0.2) is 9.40 Å². The van der Waals surface area contributed by atoms with Gasteiger partial charge in [-0.1, -0.05) is 0 Å². The molecule has 0 aliphatic carbocycles. The van der Waals surface area contributed by atoms with Gasteiger partial charge in [-0.15, -0.1) is 0 Å². The number of halogens is 4. The molecule has 0 unspecified atom stereocenters. The van der Waals surface area contributed by atoms with Gasteiger partial charge in [-0.2, -0.15) is 13.2 Å². The van der Waals surface area contributed by atoms with E-state index in [4.69, 9.17) is 4.74 Å². The Morgan fingerprint density at radius 1 is 1.16 bits per heavy atom. The van der Waals surface area contributed by atoms with Gasteiger partial charge >= 0.3 is 6.18 Å². The molecule has 1 heterocycles. The topological polar surface area (TPSA) is 24.5 Å². The van der Waals surface area contributed by atoms with Gasteiger partial charge in [0.1, 0.15) is 5.82 Å². The van der Waals surface area contributed by atoms with Crippen molar-refractivity contribution in [2.24, 2.45) is 0 Å². The first kappa shape index (κ1) is 14.2. The molecule has 0 atom stereocenters. The highest BCUT2D eigenvalue weighted by molar-refractivity contribution is 5.26. The fourth-order valence-corrected chi connectivity index (χ4v) is 1.84. The molecule has 0 spiro atoms. The molecule has 2 rings (SSSR count). The van der Waals surface area contributed by atoms with Crippen LogP contribution in [0.1, 0.15) is 11.1 Å². The van der Waals surface area contributed by atoms with Crippen LogP contribution in [-0.4, -0.2) is 31.3 Å². The molecule has 3 nitrogen and oxygen atoms in total. The molecular formula is C12H14F4N2O. The van der Waals surface area contributed by atoms with Crippen molar-refractivity contribution < 1.29 is 22.3 Å². The Morgan fingerprint density at radius 2 is 1.84 bits per heavy atom. The number of morpholine rings is 1. The number of hydrogen-bond donors (Lipinski definition) is 1. The molecule has 0 saturated carbocycles. The lowest BCUT2D eigenvalue weighted by atomic mass is 10.1. The summed E-state index contributed by atoms with van der Waals surface area (Å²) >= 11 is 0. The van der Waals surface area contributed by atoms with Crippen LogP contribution in [0.3, 0.4) is 0 Å². The van der Waals surface area contributed by atoms with E-state index in [9.17, 15) is 17.6 Å². The van der Waals surface area contributed by atoms with Gasteiger partial charge in [0.05, 0.1) is 18.8 Å². The summed E-state index contributed by atoms with van der Waals surface area (Å²) in [6.07, 6.45) is -4.53. The number of nitrogens with one attached hydrogen (secondary N) is 1. The molecule has 0 radical (unpaired) electrons. The van der Waals surface area contributed by atoms with Crippen molar-refractivity contribution in [3.8, 4) is 0 Å². The second-order valence-electron chi connectivity index (χ2n) is 4.28. The highest BCUT2D eigenvalue weighted by atomic mass is 19.4. The first-order valence-electron chi connectivity index (χ1n) is 5.88. The number of hydrazine groups is 1. The normalized spacial score (nSPS) is 17.7. The number of alkyl halides is 3. The summed E-state index contributed by atoms with van der Waals surface area (Å²) in [5, 5.41) is 1.85.